The zero-order valence-electron chi connectivity index (χ0n) is 10.4. The Labute approximate surface area is 109 Å². The van der Waals surface area contributed by atoms with Crippen LogP contribution in [0.5, 0.6) is 0 Å². The predicted molar refractivity (Wildman–Crippen MR) is 70.4 cm³/mol. The number of hydrogen-bond acceptors (Lipinski definition) is 5. The van der Waals surface area contributed by atoms with E-state index in [9.17, 15) is 9.90 Å². The lowest BCUT2D eigenvalue weighted by atomic mass is 10.1. The average molecular weight is 261 g/mol. The van der Waals surface area contributed by atoms with Crippen LogP contribution in [0.1, 0.15) is 29.6 Å². The van der Waals surface area contributed by atoms with Gasteiger partial charge in [0.05, 0.1) is 17.4 Å². The fraction of sp³-hybridized carbons (Fsp3) is 0.417. The second kappa shape index (κ2) is 4.42. The minimum absolute atomic E-state index is 0.145. The van der Waals surface area contributed by atoms with Gasteiger partial charge in [0, 0.05) is 13.1 Å². The molecule has 3 rings (SSSR count). The second-order valence-electron chi connectivity index (χ2n) is 4.70. The summed E-state index contributed by atoms with van der Waals surface area (Å²) in [6.45, 7) is 1.74. The number of aromatic nitrogens is 3. The van der Waals surface area contributed by atoms with Crippen molar-refractivity contribution < 1.29 is 9.90 Å². The first-order valence-electron chi connectivity index (χ1n) is 6.29. The van der Waals surface area contributed by atoms with Crippen LogP contribution in [0.2, 0.25) is 0 Å². The normalized spacial score (nSPS) is 15.9. The molecule has 1 aliphatic heterocycles. The van der Waals surface area contributed by atoms with Gasteiger partial charge in [0.2, 0.25) is 5.95 Å². The molecule has 0 bridgehead atoms. The number of nitrogens with two attached hydrogens (primary N) is 1. The maximum Gasteiger partial charge on any atom is 0.338 e. The van der Waals surface area contributed by atoms with E-state index in [1.165, 1.54) is 17.0 Å². The molecule has 0 atom stereocenters. The second-order valence-corrected chi connectivity index (χ2v) is 4.70. The number of rotatable bonds is 2. The molecule has 0 aromatic carbocycles. The third-order valence-electron chi connectivity index (χ3n) is 3.40. The molecule has 19 heavy (non-hydrogen) atoms. The third-order valence-corrected chi connectivity index (χ3v) is 3.40. The van der Waals surface area contributed by atoms with E-state index in [-0.39, 0.29) is 11.5 Å². The number of hydrogen-bond donors (Lipinski definition) is 2. The van der Waals surface area contributed by atoms with E-state index in [0.29, 0.717) is 11.3 Å². The molecule has 1 aliphatic rings. The van der Waals surface area contributed by atoms with Crippen LogP contribution in [0.3, 0.4) is 0 Å². The summed E-state index contributed by atoms with van der Waals surface area (Å²) in [7, 11) is 0. The standard InChI is InChI=1S/C12H15N5O2/c13-12-14-10-6-8(11(18)19)9(7-17(10)15-12)16-4-2-1-3-5-16/h6-7H,1-5H2,(H2,13,15)(H,18,19). The summed E-state index contributed by atoms with van der Waals surface area (Å²) in [5, 5.41) is 13.4. The van der Waals surface area contributed by atoms with Gasteiger partial charge >= 0.3 is 5.97 Å². The van der Waals surface area contributed by atoms with E-state index < -0.39 is 5.97 Å². The maximum atomic E-state index is 11.4. The Morgan fingerprint density at radius 2 is 2.05 bits per heavy atom. The smallest absolute Gasteiger partial charge is 0.338 e. The monoisotopic (exact) mass is 261 g/mol. The van der Waals surface area contributed by atoms with Crippen LogP contribution in [-0.2, 0) is 0 Å². The number of carboxylic acids is 1. The number of carbonyl (C=O) groups is 1. The van der Waals surface area contributed by atoms with Gasteiger partial charge in [-0.3, -0.25) is 0 Å². The van der Waals surface area contributed by atoms with Gasteiger partial charge in [-0.25, -0.2) is 9.31 Å². The van der Waals surface area contributed by atoms with Crippen molar-refractivity contribution in [1.29, 1.82) is 0 Å². The van der Waals surface area contributed by atoms with Crippen molar-refractivity contribution in [2.45, 2.75) is 19.3 Å². The topological polar surface area (TPSA) is 96.7 Å². The van der Waals surface area contributed by atoms with E-state index >= 15 is 0 Å². The Kier molecular flexibility index (Phi) is 2.73. The lowest BCUT2D eigenvalue weighted by molar-refractivity contribution is 0.0697. The van der Waals surface area contributed by atoms with Crippen LogP contribution in [0, 0.1) is 0 Å². The highest BCUT2D eigenvalue weighted by molar-refractivity contribution is 5.95. The zero-order valence-corrected chi connectivity index (χ0v) is 10.4. The number of anilines is 2. The molecule has 7 heteroatoms. The molecule has 2 aromatic heterocycles. The van der Waals surface area contributed by atoms with E-state index in [0.717, 1.165) is 25.9 Å². The van der Waals surface area contributed by atoms with Gasteiger partial charge in [0.15, 0.2) is 5.65 Å². The van der Waals surface area contributed by atoms with Gasteiger partial charge < -0.3 is 15.7 Å². The molecule has 3 heterocycles. The van der Waals surface area contributed by atoms with Crippen molar-refractivity contribution in [2.24, 2.45) is 0 Å². The molecule has 0 amide bonds. The molecule has 100 valence electrons. The van der Waals surface area contributed by atoms with Crippen LogP contribution >= 0.6 is 0 Å². The van der Waals surface area contributed by atoms with Crippen molar-refractivity contribution in [3.8, 4) is 0 Å². The largest absolute Gasteiger partial charge is 0.478 e. The van der Waals surface area contributed by atoms with Crippen LogP contribution < -0.4 is 10.6 Å². The van der Waals surface area contributed by atoms with Gasteiger partial charge in [0.25, 0.3) is 0 Å². The van der Waals surface area contributed by atoms with Gasteiger partial charge in [-0.15, -0.1) is 5.10 Å². The van der Waals surface area contributed by atoms with E-state index in [4.69, 9.17) is 5.73 Å². The maximum absolute atomic E-state index is 11.4. The zero-order chi connectivity index (χ0) is 13.4. The molecule has 3 N–H and O–H groups in total. The van der Waals surface area contributed by atoms with Crippen molar-refractivity contribution in [3.05, 3.63) is 17.8 Å². The summed E-state index contributed by atoms with van der Waals surface area (Å²) in [6.07, 6.45) is 5.05. The summed E-state index contributed by atoms with van der Waals surface area (Å²) >= 11 is 0. The first kappa shape index (κ1) is 11.8. The average Bonchev–Trinajstić information content (AvgIpc) is 2.77. The number of carboxylic acid groups (broad SMARTS) is 1. The van der Waals surface area contributed by atoms with E-state index in [2.05, 4.69) is 15.0 Å². The first-order chi connectivity index (χ1) is 9.15. The predicted octanol–water partition coefficient (Wildman–Crippen LogP) is 1.000. The van der Waals surface area contributed by atoms with Crippen LogP contribution in [0.25, 0.3) is 5.65 Å². The summed E-state index contributed by atoms with van der Waals surface area (Å²) in [5.74, 6) is -0.809. The van der Waals surface area contributed by atoms with Crippen molar-refractivity contribution >= 4 is 23.3 Å². The van der Waals surface area contributed by atoms with E-state index in [1.54, 1.807) is 6.20 Å². The molecule has 0 spiro atoms. The molecule has 0 saturated carbocycles. The molecule has 1 fully saturated rings. The van der Waals surface area contributed by atoms with Crippen molar-refractivity contribution in [3.63, 3.8) is 0 Å². The van der Waals surface area contributed by atoms with Gasteiger partial charge in [0.1, 0.15) is 0 Å². The first-order valence-corrected chi connectivity index (χ1v) is 6.29. The summed E-state index contributed by atoms with van der Waals surface area (Å²) < 4.78 is 1.53. The van der Waals surface area contributed by atoms with Crippen LogP contribution in [0.15, 0.2) is 12.3 Å². The fourth-order valence-corrected chi connectivity index (χ4v) is 2.49. The van der Waals surface area contributed by atoms with Crippen LogP contribution in [0.4, 0.5) is 11.6 Å². The van der Waals surface area contributed by atoms with E-state index in [1.807, 2.05) is 0 Å². The fourth-order valence-electron chi connectivity index (χ4n) is 2.49. The minimum atomic E-state index is -0.954. The molecular formula is C12H15N5O2. The summed E-state index contributed by atoms with van der Waals surface area (Å²) in [4.78, 5) is 17.5. The highest BCUT2D eigenvalue weighted by Gasteiger charge is 2.20. The SMILES string of the molecule is Nc1nc2cc(C(=O)O)c(N3CCCCC3)cn2n1. The molecule has 1 saturated heterocycles. The number of piperidine rings is 1. The number of nitrogens with zero attached hydrogens (tertiary/aromatic N) is 4. The Morgan fingerprint density at radius 1 is 1.32 bits per heavy atom. The van der Waals surface area contributed by atoms with Gasteiger partial charge in [-0.1, -0.05) is 0 Å². The summed E-state index contributed by atoms with van der Waals surface area (Å²) in [5.41, 5.74) is 6.93. The highest BCUT2D eigenvalue weighted by Crippen LogP contribution is 2.25. The van der Waals surface area contributed by atoms with Crippen molar-refractivity contribution in [2.75, 3.05) is 23.7 Å². The lowest BCUT2D eigenvalue weighted by Gasteiger charge is -2.29. The number of fused-ring (bicyclic) bond motifs is 1. The van der Waals surface area contributed by atoms with Crippen molar-refractivity contribution in [1.82, 2.24) is 14.6 Å². The Bertz CT molecular complexity index is 630. The highest BCUT2D eigenvalue weighted by atomic mass is 16.4. The van der Waals surface area contributed by atoms with Gasteiger partial charge in [-0.05, 0) is 25.3 Å². The molecule has 0 unspecified atom stereocenters. The number of nitrogen functional groups attached to an aromatic ring is 1. The number of pyridine rings is 1. The molecule has 0 radical (unpaired) electrons. The molecule has 2 aromatic rings. The quantitative estimate of drug-likeness (QED) is 0.837. The Hall–Kier alpha value is -2.31. The molecule has 7 nitrogen and oxygen atoms in total. The third kappa shape index (κ3) is 2.07. The Morgan fingerprint density at radius 3 is 2.74 bits per heavy atom. The molecule has 0 aliphatic carbocycles. The van der Waals surface area contributed by atoms with Gasteiger partial charge in [-0.2, -0.15) is 4.98 Å². The Balaban J connectivity index is 2.13. The lowest BCUT2D eigenvalue weighted by Crippen LogP contribution is -2.31. The van der Waals surface area contributed by atoms with Crippen LogP contribution in [-0.4, -0.2) is 38.8 Å². The minimum Gasteiger partial charge on any atom is -0.478 e. The summed E-state index contributed by atoms with van der Waals surface area (Å²) in [6, 6.07) is 1.52. The molecular weight excluding hydrogens is 246 g/mol. The number of aromatic carboxylic acids is 1.